The average molecular weight is 456 g/mol. The number of ketones is 1. The SMILES string of the molecule is CC(=O)c1ccc(N2CCN(C(=O)CCc3ncc(-c4ccc(Cl)cc4)o3)CC2)c(F)c1. The highest BCUT2D eigenvalue weighted by Crippen LogP contribution is 2.24. The lowest BCUT2D eigenvalue weighted by Gasteiger charge is -2.36. The molecule has 8 heteroatoms. The standard InChI is InChI=1S/C24H23ClFN3O3/c1-16(30)18-4-7-21(20(26)14-18)28-10-12-29(13-11-28)24(31)9-8-23-27-15-22(32-23)17-2-5-19(25)6-3-17/h2-7,14-15H,8-13H2,1H3. The number of nitrogens with zero attached hydrogens (tertiary/aromatic N) is 3. The van der Waals surface area contributed by atoms with Crippen molar-refractivity contribution in [2.45, 2.75) is 19.8 Å². The van der Waals surface area contributed by atoms with Crippen molar-refractivity contribution in [3.8, 4) is 11.3 Å². The van der Waals surface area contributed by atoms with E-state index in [2.05, 4.69) is 4.98 Å². The van der Waals surface area contributed by atoms with Gasteiger partial charge in [0, 0.05) is 55.2 Å². The predicted octanol–water partition coefficient (Wildman–Crippen LogP) is 4.62. The van der Waals surface area contributed by atoms with Crippen LogP contribution in [0.1, 0.15) is 29.6 Å². The second-order valence-electron chi connectivity index (χ2n) is 7.72. The number of benzene rings is 2. The van der Waals surface area contributed by atoms with Gasteiger partial charge in [-0.05, 0) is 49.4 Å². The number of oxazole rings is 1. The molecule has 0 saturated carbocycles. The van der Waals surface area contributed by atoms with Crippen LogP contribution in [0.2, 0.25) is 5.02 Å². The molecule has 0 spiro atoms. The number of Topliss-reactive ketones (excluding diaryl/α,β-unsaturated/α-hetero) is 1. The van der Waals surface area contributed by atoms with Crippen LogP contribution in [0.5, 0.6) is 0 Å². The minimum atomic E-state index is -0.419. The van der Waals surface area contributed by atoms with Crippen LogP contribution < -0.4 is 4.90 Å². The van der Waals surface area contributed by atoms with Gasteiger partial charge in [0.2, 0.25) is 5.91 Å². The number of anilines is 1. The molecule has 6 nitrogen and oxygen atoms in total. The molecule has 166 valence electrons. The summed E-state index contributed by atoms with van der Waals surface area (Å²) >= 11 is 5.91. The first-order valence-electron chi connectivity index (χ1n) is 10.4. The first kappa shape index (κ1) is 22.0. The quantitative estimate of drug-likeness (QED) is 0.507. The van der Waals surface area contributed by atoms with E-state index >= 15 is 0 Å². The Morgan fingerprint density at radius 1 is 1.09 bits per heavy atom. The minimum Gasteiger partial charge on any atom is -0.441 e. The van der Waals surface area contributed by atoms with Gasteiger partial charge in [-0.3, -0.25) is 9.59 Å². The van der Waals surface area contributed by atoms with Crippen LogP contribution in [0.3, 0.4) is 0 Å². The third kappa shape index (κ3) is 4.99. The van der Waals surface area contributed by atoms with E-state index in [1.54, 1.807) is 35.4 Å². The molecular weight excluding hydrogens is 433 g/mol. The number of hydrogen-bond acceptors (Lipinski definition) is 5. The van der Waals surface area contributed by atoms with Gasteiger partial charge in [0.1, 0.15) is 5.82 Å². The third-order valence-corrected chi connectivity index (χ3v) is 5.81. The van der Waals surface area contributed by atoms with E-state index in [-0.39, 0.29) is 11.7 Å². The van der Waals surface area contributed by atoms with E-state index < -0.39 is 5.82 Å². The van der Waals surface area contributed by atoms with Gasteiger partial charge in [-0.25, -0.2) is 9.37 Å². The number of piperazine rings is 1. The van der Waals surface area contributed by atoms with Gasteiger partial charge in [-0.1, -0.05) is 11.6 Å². The summed E-state index contributed by atoms with van der Waals surface area (Å²) in [6, 6.07) is 11.8. The number of hydrogen-bond donors (Lipinski definition) is 0. The molecule has 2 aromatic carbocycles. The number of aryl methyl sites for hydroxylation is 1. The summed E-state index contributed by atoms with van der Waals surface area (Å²) in [5, 5.41) is 0.648. The summed E-state index contributed by atoms with van der Waals surface area (Å²) < 4.78 is 20.2. The molecule has 0 unspecified atom stereocenters. The molecule has 2 heterocycles. The summed E-state index contributed by atoms with van der Waals surface area (Å²) in [5.74, 6) is 0.573. The third-order valence-electron chi connectivity index (χ3n) is 5.56. The fourth-order valence-corrected chi connectivity index (χ4v) is 3.85. The smallest absolute Gasteiger partial charge is 0.223 e. The van der Waals surface area contributed by atoms with Gasteiger partial charge in [0.05, 0.1) is 11.9 Å². The number of amides is 1. The van der Waals surface area contributed by atoms with Crippen LogP contribution in [-0.4, -0.2) is 47.8 Å². The molecule has 1 saturated heterocycles. The van der Waals surface area contributed by atoms with Gasteiger partial charge in [0.25, 0.3) is 0 Å². The van der Waals surface area contributed by atoms with Crippen molar-refractivity contribution in [3.05, 3.63) is 71.0 Å². The molecule has 32 heavy (non-hydrogen) atoms. The Morgan fingerprint density at radius 3 is 2.47 bits per heavy atom. The van der Waals surface area contributed by atoms with E-state index in [9.17, 15) is 14.0 Å². The zero-order chi connectivity index (χ0) is 22.7. The summed E-state index contributed by atoms with van der Waals surface area (Å²) in [4.78, 5) is 32.0. The second-order valence-corrected chi connectivity index (χ2v) is 8.15. The van der Waals surface area contributed by atoms with Crippen molar-refractivity contribution in [1.82, 2.24) is 9.88 Å². The molecule has 1 aliphatic heterocycles. The molecular formula is C24H23ClFN3O3. The van der Waals surface area contributed by atoms with Gasteiger partial charge < -0.3 is 14.2 Å². The minimum absolute atomic E-state index is 0.0169. The zero-order valence-corrected chi connectivity index (χ0v) is 18.4. The number of rotatable bonds is 6. The van der Waals surface area contributed by atoms with Crippen LogP contribution in [0.4, 0.5) is 10.1 Å². The monoisotopic (exact) mass is 455 g/mol. The molecule has 0 aliphatic carbocycles. The van der Waals surface area contributed by atoms with Crippen molar-refractivity contribution >= 4 is 29.0 Å². The summed E-state index contributed by atoms with van der Waals surface area (Å²) in [7, 11) is 0. The van der Waals surface area contributed by atoms with Crippen molar-refractivity contribution in [2.24, 2.45) is 0 Å². The molecule has 3 aromatic rings. The molecule has 1 amide bonds. The van der Waals surface area contributed by atoms with Crippen molar-refractivity contribution in [3.63, 3.8) is 0 Å². The van der Waals surface area contributed by atoms with Crippen molar-refractivity contribution < 1.29 is 18.4 Å². The molecule has 0 N–H and O–H groups in total. The number of carbonyl (C=O) groups excluding carboxylic acids is 2. The Morgan fingerprint density at radius 2 is 1.81 bits per heavy atom. The highest BCUT2D eigenvalue weighted by molar-refractivity contribution is 6.30. The Labute approximate surface area is 190 Å². The summed E-state index contributed by atoms with van der Waals surface area (Å²) in [6.45, 7) is 3.49. The molecule has 1 fully saturated rings. The van der Waals surface area contributed by atoms with Gasteiger partial charge in [0.15, 0.2) is 17.4 Å². The number of aromatic nitrogens is 1. The first-order valence-corrected chi connectivity index (χ1v) is 10.8. The Kier molecular flexibility index (Phi) is 6.55. The summed E-state index contributed by atoms with van der Waals surface area (Å²) in [5.41, 5.74) is 1.68. The molecule has 1 aliphatic rings. The van der Waals surface area contributed by atoms with Crippen LogP contribution in [0, 0.1) is 5.82 Å². The lowest BCUT2D eigenvalue weighted by Crippen LogP contribution is -2.49. The van der Waals surface area contributed by atoms with Gasteiger partial charge in [-0.2, -0.15) is 0 Å². The summed E-state index contributed by atoms with van der Waals surface area (Å²) in [6.07, 6.45) is 2.35. The van der Waals surface area contributed by atoms with Crippen LogP contribution >= 0.6 is 11.6 Å². The van der Waals surface area contributed by atoms with Crippen LogP contribution in [-0.2, 0) is 11.2 Å². The maximum Gasteiger partial charge on any atom is 0.223 e. The highest BCUT2D eigenvalue weighted by Gasteiger charge is 2.23. The lowest BCUT2D eigenvalue weighted by atomic mass is 10.1. The fraction of sp³-hybridized carbons (Fsp3) is 0.292. The predicted molar refractivity (Wildman–Crippen MR) is 120 cm³/mol. The lowest BCUT2D eigenvalue weighted by molar-refractivity contribution is -0.131. The van der Waals surface area contributed by atoms with Crippen LogP contribution in [0.25, 0.3) is 11.3 Å². The van der Waals surface area contributed by atoms with E-state index in [0.717, 1.165) is 5.56 Å². The van der Waals surface area contributed by atoms with Crippen LogP contribution in [0.15, 0.2) is 53.1 Å². The Bertz CT molecular complexity index is 1120. The Balaban J connectivity index is 1.29. The second kappa shape index (κ2) is 9.53. The van der Waals surface area contributed by atoms with E-state index in [1.807, 2.05) is 17.0 Å². The maximum atomic E-state index is 14.4. The first-order chi connectivity index (χ1) is 15.4. The fourth-order valence-electron chi connectivity index (χ4n) is 3.72. The highest BCUT2D eigenvalue weighted by atomic mass is 35.5. The topological polar surface area (TPSA) is 66.7 Å². The molecule has 0 bridgehead atoms. The molecule has 1 aromatic heterocycles. The zero-order valence-electron chi connectivity index (χ0n) is 17.7. The molecule has 4 rings (SSSR count). The Hall–Kier alpha value is -3.19. The molecule has 0 radical (unpaired) electrons. The number of carbonyl (C=O) groups is 2. The normalized spacial score (nSPS) is 14.0. The number of halogens is 2. The van der Waals surface area contributed by atoms with Crippen molar-refractivity contribution in [2.75, 3.05) is 31.1 Å². The molecule has 0 atom stereocenters. The van der Waals surface area contributed by atoms with E-state index in [1.165, 1.54) is 13.0 Å². The average Bonchev–Trinajstić information content (AvgIpc) is 3.27. The maximum absolute atomic E-state index is 14.4. The van der Waals surface area contributed by atoms with E-state index in [0.29, 0.717) is 66.9 Å². The van der Waals surface area contributed by atoms with Crippen molar-refractivity contribution in [1.29, 1.82) is 0 Å². The van der Waals surface area contributed by atoms with Gasteiger partial charge >= 0.3 is 0 Å². The van der Waals surface area contributed by atoms with Gasteiger partial charge in [-0.15, -0.1) is 0 Å². The largest absolute Gasteiger partial charge is 0.441 e. The van der Waals surface area contributed by atoms with E-state index in [4.69, 9.17) is 16.0 Å².